The van der Waals surface area contributed by atoms with Gasteiger partial charge in [0.1, 0.15) is 17.9 Å². The first-order chi connectivity index (χ1) is 7.95. The molecular formula is C12H14FN3O. The molecule has 17 heavy (non-hydrogen) atoms. The lowest BCUT2D eigenvalue weighted by Gasteiger charge is -2.19. The standard InChI is InChI=1S/C12H14FN3O/c1-8(12(17)16(2)3)15-11-5-4-10(13)6-9(11)7-14/h4-6,8,15H,1-3H3/t8-/m0/s1. The molecule has 5 heteroatoms. The van der Waals surface area contributed by atoms with E-state index in [1.165, 1.54) is 17.0 Å². The lowest BCUT2D eigenvalue weighted by molar-refractivity contribution is -0.129. The van der Waals surface area contributed by atoms with E-state index in [1.807, 2.05) is 6.07 Å². The quantitative estimate of drug-likeness (QED) is 0.865. The number of hydrogen-bond acceptors (Lipinski definition) is 3. The van der Waals surface area contributed by atoms with Crippen LogP contribution in [0.3, 0.4) is 0 Å². The molecule has 1 aromatic rings. The maximum Gasteiger partial charge on any atom is 0.244 e. The van der Waals surface area contributed by atoms with Crippen LogP contribution in [0, 0.1) is 17.1 Å². The summed E-state index contributed by atoms with van der Waals surface area (Å²) in [6.07, 6.45) is 0. The molecular weight excluding hydrogens is 221 g/mol. The van der Waals surface area contributed by atoms with E-state index >= 15 is 0 Å². The molecule has 0 saturated heterocycles. The van der Waals surface area contributed by atoms with Gasteiger partial charge in [0.05, 0.1) is 11.3 Å². The number of rotatable bonds is 3. The summed E-state index contributed by atoms with van der Waals surface area (Å²) in [5, 5.41) is 11.7. The van der Waals surface area contributed by atoms with Crippen molar-refractivity contribution in [1.82, 2.24) is 4.90 Å². The Morgan fingerprint density at radius 2 is 2.18 bits per heavy atom. The third-order valence-electron chi connectivity index (χ3n) is 2.29. The molecule has 0 aliphatic rings. The van der Waals surface area contributed by atoms with Crippen molar-refractivity contribution in [2.75, 3.05) is 19.4 Å². The molecule has 1 N–H and O–H groups in total. The van der Waals surface area contributed by atoms with Gasteiger partial charge in [-0.25, -0.2) is 4.39 Å². The predicted octanol–water partition coefficient (Wildman–Crippen LogP) is 1.59. The van der Waals surface area contributed by atoms with Gasteiger partial charge >= 0.3 is 0 Å². The zero-order chi connectivity index (χ0) is 13.0. The molecule has 4 nitrogen and oxygen atoms in total. The molecule has 0 aliphatic carbocycles. The summed E-state index contributed by atoms with van der Waals surface area (Å²) >= 11 is 0. The van der Waals surface area contributed by atoms with Crippen LogP contribution in [0.2, 0.25) is 0 Å². The van der Waals surface area contributed by atoms with Crippen molar-refractivity contribution in [3.05, 3.63) is 29.6 Å². The number of anilines is 1. The number of carbonyl (C=O) groups excluding carboxylic acids is 1. The smallest absolute Gasteiger partial charge is 0.244 e. The summed E-state index contributed by atoms with van der Waals surface area (Å²) in [4.78, 5) is 13.1. The minimum absolute atomic E-state index is 0.113. The van der Waals surface area contributed by atoms with E-state index < -0.39 is 11.9 Å². The number of nitrogens with zero attached hydrogens (tertiary/aromatic N) is 2. The molecule has 1 aromatic carbocycles. The van der Waals surface area contributed by atoms with Gasteiger partial charge in [-0.1, -0.05) is 0 Å². The Morgan fingerprint density at radius 3 is 2.71 bits per heavy atom. The van der Waals surface area contributed by atoms with E-state index in [1.54, 1.807) is 21.0 Å². The molecule has 0 aliphatic heterocycles. The Kier molecular flexibility index (Phi) is 4.05. The Morgan fingerprint density at radius 1 is 1.53 bits per heavy atom. The largest absolute Gasteiger partial charge is 0.373 e. The van der Waals surface area contributed by atoms with E-state index in [0.717, 1.165) is 6.07 Å². The van der Waals surface area contributed by atoms with Crippen molar-refractivity contribution >= 4 is 11.6 Å². The molecule has 1 atom stereocenters. The van der Waals surface area contributed by atoms with Gasteiger partial charge in [-0.3, -0.25) is 4.79 Å². The van der Waals surface area contributed by atoms with Crippen LogP contribution >= 0.6 is 0 Å². The number of halogens is 1. The molecule has 0 saturated carbocycles. The average Bonchev–Trinajstić information content (AvgIpc) is 2.30. The van der Waals surface area contributed by atoms with Gasteiger partial charge in [-0.2, -0.15) is 5.26 Å². The molecule has 0 heterocycles. The Hall–Kier alpha value is -2.09. The van der Waals surface area contributed by atoms with Gasteiger partial charge in [0.2, 0.25) is 5.91 Å². The topological polar surface area (TPSA) is 56.1 Å². The van der Waals surface area contributed by atoms with Gasteiger partial charge < -0.3 is 10.2 Å². The molecule has 0 fully saturated rings. The third-order valence-corrected chi connectivity index (χ3v) is 2.29. The van der Waals surface area contributed by atoms with Crippen LogP contribution in [0.4, 0.5) is 10.1 Å². The van der Waals surface area contributed by atoms with Gasteiger partial charge in [0.15, 0.2) is 0 Å². The predicted molar refractivity (Wildman–Crippen MR) is 62.9 cm³/mol. The summed E-state index contributed by atoms with van der Waals surface area (Å²) in [5.41, 5.74) is 0.639. The zero-order valence-corrected chi connectivity index (χ0v) is 9.99. The van der Waals surface area contributed by atoms with E-state index in [4.69, 9.17) is 5.26 Å². The van der Waals surface area contributed by atoms with Crippen LogP contribution < -0.4 is 5.32 Å². The maximum atomic E-state index is 12.9. The number of nitriles is 1. The van der Waals surface area contributed by atoms with E-state index in [-0.39, 0.29) is 11.5 Å². The average molecular weight is 235 g/mol. The highest BCUT2D eigenvalue weighted by Crippen LogP contribution is 2.17. The van der Waals surface area contributed by atoms with Crippen molar-refractivity contribution in [1.29, 1.82) is 5.26 Å². The number of amides is 1. The lowest BCUT2D eigenvalue weighted by Crippen LogP contribution is -2.36. The molecule has 0 unspecified atom stereocenters. The van der Waals surface area contributed by atoms with Gasteiger partial charge in [-0.15, -0.1) is 0 Å². The summed E-state index contributed by atoms with van der Waals surface area (Å²) in [6.45, 7) is 1.69. The molecule has 90 valence electrons. The van der Waals surface area contributed by atoms with Crippen molar-refractivity contribution in [2.24, 2.45) is 0 Å². The van der Waals surface area contributed by atoms with Crippen LogP contribution in [0.5, 0.6) is 0 Å². The van der Waals surface area contributed by atoms with Crippen molar-refractivity contribution < 1.29 is 9.18 Å². The number of benzene rings is 1. The number of carbonyl (C=O) groups is 1. The molecule has 1 amide bonds. The van der Waals surface area contributed by atoms with Crippen LogP contribution in [0.25, 0.3) is 0 Å². The van der Waals surface area contributed by atoms with Crippen LogP contribution in [0.15, 0.2) is 18.2 Å². The highest BCUT2D eigenvalue weighted by atomic mass is 19.1. The SMILES string of the molecule is C[C@H](Nc1ccc(F)cc1C#N)C(=O)N(C)C. The fraction of sp³-hybridized carbons (Fsp3) is 0.333. The minimum atomic E-state index is -0.473. The molecule has 0 spiro atoms. The highest BCUT2D eigenvalue weighted by molar-refractivity contribution is 5.84. The minimum Gasteiger partial charge on any atom is -0.373 e. The second-order valence-corrected chi connectivity index (χ2v) is 3.90. The summed E-state index contributed by atoms with van der Waals surface area (Å²) in [5.74, 6) is -0.586. The van der Waals surface area contributed by atoms with Gasteiger partial charge in [-0.05, 0) is 25.1 Å². The summed E-state index contributed by atoms with van der Waals surface area (Å²) in [6, 6.07) is 5.24. The first-order valence-corrected chi connectivity index (χ1v) is 5.13. The van der Waals surface area contributed by atoms with Crippen LogP contribution in [0.1, 0.15) is 12.5 Å². The van der Waals surface area contributed by atoms with Crippen molar-refractivity contribution in [3.8, 4) is 6.07 Å². The summed E-state index contributed by atoms with van der Waals surface area (Å²) in [7, 11) is 3.30. The molecule has 0 aromatic heterocycles. The monoisotopic (exact) mass is 235 g/mol. The second-order valence-electron chi connectivity index (χ2n) is 3.90. The Labute approximate surface area is 99.7 Å². The first kappa shape index (κ1) is 13.0. The third kappa shape index (κ3) is 3.18. The van der Waals surface area contributed by atoms with Crippen LogP contribution in [-0.2, 0) is 4.79 Å². The lowest BCUT2D eigenvalue weighted by atomic mass is 10.1. The maximum absolute atomic E-state index is 12.9. The fourth-order valence-electron chi connectivity index (χ4n) is 1.42. The second kappa shape index (κ2) is 5.30. The normalized spacial score (nSPS) is 11.5. The molecule has 0 radical (unpaired) electrons. The van der Waals surface area contributed by atoms with Gasteiger partial charge in [0, 0.05) is 14.1 Å². The molecule has 1 rings (SSSR count). The van der Waals surface area contributed by atoms with Crippen molar-refractivity contribution in [3.63, 3.8) is 0 Å². The first-order valence-electron chi connectivity index (χ1n) is 5.13. The summed E-state index contributed by atoms with van der Waals surface area (Å²) < 4.78 is 12.9. The fourth-order valence-corrected chi connectivity index (χ4v) is 1.42. The zero-order valence-electron chi connectivity index (χ0n) is 9.99. The Balaban J connectivity index is 2.89. The Bertz CT molecular complexity index is 465. The van der Waals surface area contributed by atoms with Crippen LogP contribution in [-0.4, -0.2) is 30.9 Å². The number of hydrogen-bond donors (Lipinski definition) is 1. The highest BCUT2D eigenvalue weighted by Gasteiger charge is 2.15. The molecule has 0 bridgehead atoms. The van der Waals surface area contributed by atoms with E-state index in [9.17, 15) is 9.18 Å². The van der Waals surface area contributed by atoms with E-state index in [0.29, 0.717) is 5.69 Å². The number of likely N-dealkylation sites (N-methyl/N-ethyl adjacent to an activating group) is 1. The van der Waals surface area contributed by atoms with Gasteiger partial charge in [0.25, 0.3) is 0 Å². The van der Waals surface area contributed by atoms with E-state index in [2.05, 4.69) is 5.32 Å². The van der Waals surface area contributed by atoms with Crippen molar-refractivity contribution in [2.45, 2.75) is 13.0 Å². The number of nitrogens with one attached hydrogen (secondary N) is 1.